The number of rotatable bonds is 2. The monoisotopic (exact) mass is 229 g/mol. The van der Waals surface area contributed by atoms with Gasteiger partial charge in [0.15, 0.2) is 0 Å². The van der Waals surface area contributed by atoms with Crippen LogP contribution in [0.5, 0.6) is 5.75 Å². The Hall–Kier alpha value is -2.03. The fourth-order valence-electron chi connectivity index (χ4n) is 1.85. The van der Waals surface area contributed by atoms with Gasteiger partial charge in [0.2, 0.25) is 5.91 Å². The summed E-state index contributed by atoms with van der Waals surface area (Å²) in [5.74, 6) is 0.576. The zero-order chi connectivity index (χ0) is 12.4. The van der Waals surface area contributed by atoms with Crippen LogP contribution in [0.3, 0.4) is 0 Å². The van der Waals surface area contributed by atoms with E-state index in [0.29, 0.717) is 11.4 Å². The minimum absolute atomic E-state index is 0.102. The molecule has 0 spiro atoms. The number of amides is 1. The minimum Gasteiger partial charge on any atom is -0.495 e. The van der Waals surface area contributed by atoms with E-state index in [1.165, 1.54) is 12.5 Å². The van der Waals surface area contributed by atoms with Crippen LogP contribution in [0.15, 0.2) is 30.3 Å². The van der Waals surface area contributed by atoms with Gasteiger partial charge in [-0.05, 0) is 29.8 Å². The Morgan fingerprint density at radius 1 is 1.18 bits per heavy atom. The summed E-state index contributed by atoms with van der Waals surface area (Å²) >= 11 is 0. The largest absolute Gasteiger partial charge is 0.495 e. The molecule has 0 fully saturated rings. The van der Waals surface area contributed by atoms with Crippen LogP contribution in [0.1, 0.15) is 12.5 Å². The number of ether oxygens (including phenoxy) is 1. The molecule has 3 heteroatoms. The standard InChI is InChI=1S/C14H15NO2/c1-9-4-5-11-8-14(17-3)13(15-10(2)16)7-12(11)6-9/h4-8H,1-3H3,(H,15,16). The first kappa shape index (κ1) is 11.5. The summed E-state index contributed by atoms with van der Waals surface area (Å²) in [6.07, 6.45) is 0. The van der Waals surface area contributed by atoms with Gasteiger partial charge in [0.05, 0.1) is 12.8 Å². The summed E-state index contributed by atoms with van der Waals surface area (Å²) in [7, 11) is 1.60. The molecule has 2 aromatic rings. The van der Waals surface area contributed by atoms with E-state index in [9.17, 15) is 4.79 Å². The van der Waals surface area contributed by atoms with Crippen LogP contribution in [-0.4, -0.2) is 13.0 Å². The lowest BCUT2D eigenvalue weighted by atomic mass is 10.1. The Morgan fingerprint density at radius 2 is 1.94 bits per heavy atom. The maximum atomic E-state index is 11.1. The Balaban J connectivity index is 2.60. The van der Waals surface area contributed by atoms with Crippen molar-refractivity contribution in [3.05, 3.63) is 35.9 Å². The maximum Gasteiger partial charge on any atom is 0.221 e. The minimum atomic E-state index is -0.102. The highest BCUT2D eigenvalue weighted by Crippen LogP contribution is 2.30. The second-order valence-corrected chi connectivity index (χ2v) is 4.08. The molecule has 0 heterocycles. The predicted octanol–water partition coefficient (Wildman–Crippen LogP) is 3.12. The van der Waals surface area contributed by atoms with Crippen LogP contribution < -0.4 is 10.1 Å². The van der Waals surface area contributed by atoms with E-state index in [-0.39, 0.29) is 5.91 Å². The van der Waals surface area contributed by atoms with Crippen LogP contribution in [0, 0.1) is 6.92 Å². The maximum absolute atomic E-state index is 11.1. The van der Waals surface area contributed by atoms with Crippen molar-refractivity contribution in [2.45, 2.75) is 13.8 Å². The summed E-state index contributed by atoms with van der Waals surface area (Å²) < 4.78 is 5.27. The summed E-state index contributed by atoms with van der Waals surface area (Å²) in [5.41, 5.74) is 1.90. The van der Waals surface area contributed by atoms with Crippen molar-refractivity contribution in [3.63, 3.8) is 0 Å². The highest BCUT2D eigenvalue weighted by Gasteiger charge is 2.06. The molecule has 0 atom stereocenters. The number of aryl methyl sites for hydroxylation is 1. The number of hydrogen-bond donors (Lipinski definition) is 1. The summed E-state index contributed by atoms with van der Waals surface area (Å²) in [6, 6.07) is 10.0. The second-order valence-electron chi connectivity index (χ2n) is 4.08. The summed E-state index contributed by atoms with van der Waals surface area (Å²) in [4.78, 5) is 11.1. The van der Waals surface area contributed by atoms with Crippen molar-refractivity contribution in [3.8, 4) is 5.75 Å². The average Bonchev–Trinajstić information content (AvgIpc) is 2.27. The predicted molar refractivity (Wildman–Crippen MR) is 69.5 cm³/mol. The molecule has 3 nitrogen and oxygen atoms in total. The normalized spacial score (nSPS) is 10.3. The Kier molecular flexibility index (Phi) is 3.00. The topological polar surface area (TPSA) is 38.3 Å². The van der Waals surface area contributed by atoms with Gasteiger partial charge in [-0.1, -0.05) is 23.8 Å². The van der Waals surface area contributed by atoms with E-state index in [2.05, 4.69) is 17.4 Å². The van der Waals surface area contributed by atoms with Crippen LogP contribution in [0.4, 0.5) is 5.69 Å². The van der Waals surface area contributed by atoms with Crippen LogP contribution >= 0.6 is 0 Å². The lowest BCUT2D eigenvalue weighted by Gasteiger charge is -2.11. The molecule has 0 radical (unpaired) electrons. The molecule has 0 aliphatic heterocycles. The van der Waals surface area contributed by atoms with Crippen molar-refractivity contribution in [2.24, 2.45) is 0 Å². The van der Waals surface area contributed by atoms with E-state index < -0.39 is 0 Å². The number of carbonyl (C=O) groups excluding carboxylic acids is 1. The van der Waals surface area contributed by atoms with Crippen LogP contribution in [-0.2, 0) is 4.79 Å². The van der Waals surface area contributed by atoms with Gasteiger partial charge in [0, 0.05) is 6.92 Å². The number of benzene rings is 2. The molecule has 17 heavy (non-hydrogen) atoms. The van der Waals surface area contributed by atoms with Crippen molar-refractivity contribution in [2.75, 3.05) is 12.4 Å². The Bertz CT molecular complexity index is 576. The summed E-state index contributed by atoms with van der Waals surface area (Å²) in [5, 5.41) is 4.96. The molecule has 0 aliphatic rings. The molecule has 1 amide bonds. The lowest BCUT2D eigenvalue weighted by molar-refractivity contribution is -0.114. The third kappa shape index (κ3) is 2.38. The van der Waals surface area contributed by atoms with Gasteiger partial charge in [-0.3, -0.25) is 4.79 Å². The number of nitrogens with one attached hydrogen (secondary N) is 1. The number of carbonyl (C=O) groups is 1. The second kappa shape index (κ2) is 4.45. The molecule has 0 aromatic heterocycles. The Morgan fingerprint density at radius 3 is 2.59 bits per heavy atom. The number of fused-ring (bicyclic) bond motifs is 1. The first-order valence-corrected chi connectivity index (χ1v) is 5.46. The fraction of sp³-hybridized carbons (Fsp3) is 0.214. The molecule has 2 aromatic carbocycles. The zero-order valence-corrected chi connectivity index (χ0v) is 10.2. The average molecular weight is 229 g/mol. The molecular weight excluding hydrogens is 214 g/mol. The first-order chi connectivity index (χ1) is 8.10. The van der Waals surface area contributed by atoms with E-state index >= 15 is 0 Å². The van der Waals surface area contributed by atoms with Crippen molar-refractivity contribution in [1.29, 1.82) is 0 Å². The van der Waals surface area contributed by atoms with Crippen LogP contribution in [0.2, 0.25) is 0 Å². The fourth-order valence-corrected chi connectivity index (χ4v) is 1.85. The lowest BCUT2D eigenvalue weighted by Crippen LogP contribution is -2.07. The first-order valence-electron chi connectivity index (χ1n) is 5.46. The molecule has 0 bridgehead atoms. The molecule has 0 unspecified atom stereocenters. The smallest absolute Gasteiger partial charge is 0.221 e. The molecule has 88 valence electrons. The van der Waals surface area contributed by atoms with Gasteiger partial charge >= 0.3 is 0 Å². The van der Waals surface area contributed by atoms with Gasteiger partial charge in [-0.25, -0.2) is 0 Å². The van der Waals surface area contributed by atoms with E-state index in [4.69, 9.17) is 4.74 Å². The molecule has 2 rings (SSSR count). The van der Waals surface area contributed by atoms with Gasteiger partial charge < -0.3 is 10.1 Å². The Labute approximate surface area is 100 Å². The third-order valence-corrected chi connectivity index (χ3v) is 2.62. The zero-order valence-electron chi connectivity index (χ0n) is 10.2. The SMILES string of the molecule is COc1cc2ccc(C)cc2cc1NC(C)=O. The highest BCUT2D eigenvalue weighted by atomic mass is 16.5. The number of anilines is 1. The third-order valence-electron chi connectivity index (χ3n) is 2.62. The van der Waals surface area contributed by atoms with Crippen LogP contribution in [0.25, 0.3) is 10.8 Å². The number of hydrogen-bond acceptors (Lipinski definition) is 2. The van der Waals surface area contributed by atoms with E-state index in [0.717, 1.165) is 10.8 Å². The number of methoxy groups -OCH3 is 1. The van der Waals surface area contributed by atoms with Crippen molar-refractivity contribution in [1.82, 2.24) is 0 Å². The molecule has 0 saturated heterocycles. The van der Waals surface area contributed by atoms with Gasteiger partial charge in [-0.15, -0.1) is 0 Å². The summed E-state index contributed by atoms with van der Waals surface area (Å²) in [6.45, 7) is 3.53. The molecule has 1 N–H and O–H groups in total. The van der Waals surface area contributed by atoms with E-state index in [1.807, 2.05) is 25.1 Å². The van der Waals surface area contributed by atoms with Gasteiger partial charge in [-0.2, -0.15) is 0 Å². The molecule has 0 saturated carbocycles. The van der Waals surface area contributed by atoms with Gasteiger partial charge in [0.25, 0.3) is 0 Å². The highest BCUT2D eigenvalue weighted by molar-refractivity contribution is 5.96. The van der Waals surface area contributed by atoms with Crippen molar-refractivity contribution < 1.29 is 9.53 Å². The quantitative estimate of drug-likeness (QED) is 0.859. The molecule has 0 aliphatic carbocycles. The molecular formula is C14H15NO2. The van der Waals surface area contributed by atoms with Gasteiger partial charge in [0.1, 0.15) is 5.75 Å². The van der Waals surface area contributed by atoms with Crippen molar-refractivity contribution >= 4 is 22.4 Å². The van der Waals surface area contributed by atoms with E-state index in [1.54, 1.807) is 7.11 Å².